The summed E-state index contributed by atoms with van der Waals surface area (Å²) in [7, 11) is -11.5. The molecule has 0 saturated carbocycles. The van der Waals surface area contributed by atoms with Gasteiger partial charge in [0.05, 0.1) is 18.7 Å². The molecule has 0 unspecified atom stereocenters. The fourth-order valence-corrected chi connectivity index (χ4v) is 4.15. The zero-order valence-electron chi connectivity index (χ0n) is 14.8. The predicted octanol–water partition coefficient (Wildman–Crippen LogP) is 2.49. The minimum Gasteiger partial charge on any atom is -0.322 e. The van der Waals surface area contributed by atoms with E-state index in [1.165, 1.54) is 16.5 Å². The van der Waals surface area contributed by atoms with Gasteiger partial charge in [0.1, 0.15) is 0 Å². The van der Waals surface area contributed by atoms with Crippen LogP contribution in [0.2, 0.25) is 0 Å². The predicted molar refractivity (Wildman–Crippen MR) is 94.1 cm³/mol. The molecule has 0 radical (unpaired) electrons. The van der Waals surface area contributed by atoms with Gasteiger partial charge < -0.3 is 19.6 Å². The van der Waals surface area contributed by atoms with Crippen molar-refractivity contribution >= 4 is 15.2 Å². The molecule has 0 aromatic carbocycles. The minimum atomic E-state index is -5.74. The van der Waals surface area contributed by atoms with Crippen molar-refractivity contribution in [3.8, 4) is 0 Å². The molecule has 0 aliphatic heterocycles. The van der Waals surface area contributed by atoms with Gasteiger partial charge in [-0.25, -0.2) is 9.07 Å². The first-order valence-electron chi connectivity index (χ1n) is 7.74. The van der Waals surface area contributed by atoms with Crippen LogP contribution >= 0.6 is 15.2 Å². The molecule has 12 heteroatoms. The molecule has 0 bridgehead atoms. The van der Waals surface area contributed by atoms with Crippen LogP contribution in [0.5, 0.6) is 0 Å². The van der Waals surface area contributed by atoms with Crippen molar-refractivity contribution in [3.63, 3.8) is 0 Å². The molecule has 148 valence electrons. The summed E-state index contributed by atoms with van der Waals surface area (Å²) in [5.74, 6) is 0. The number of allylic oxidation sites excluding steroid dienone is 4. The third kappa shape index (κ3) is 6.23. The average Bonchev–Trinajstić information content (AvgIpc) is 2.89. The normalized spacial score (nSPS) is 13.8. The van der Waals surface area contributed by atoms with Gasteiger partial charge in [-0.05, 0) is 33.6 Å². The second-order valence-electron chi connectivity index (χ2n) is 6.29. The van der Waals surface area contributed by atoms with Gasteiger partial charge in [0.25, 0.3) is 0 Å². The number of halogens is 1. The number of hydrogen-bond acceptors (Lipinski definition) is 4. The molecule has 1 aromatic rings. The molecule has 9 nitrogen and oxygen atoms in total. The van der Waals surface area contributed by atoms with Gasteiger partial charge in [-0.1, -0.05) is 28.5 Å². The summed E-state index contributed by atoms with van der Waals surface area (Å²) < 4.78 is 38.2. The fourth-order valence-electron chi connectivity index (χ4n) is 2.05. The lowest BCUT2D eigenvalue weighted by atomic mass is 10.1. The Labute approximate surface area is 150 Å². The Kier molecular flexibility index (Phi) is 7.65. The Morgan fingerprint density at radius 1 is 1.19 bits per heavy atom. The van der Waals surface area contributed by atoms with Crippen LogP contribution in [0.3, 0.4) is 0 Å². The largest absolute Gasteiger partial charge is 0.375 e. The van der Waals surface area contributed by atoms with Crippen LogP contribution in [-0.2, 0) is 22.1 Å². The molecular formula is C14H24FN3O6P2. The van der Waals surface area contributed by atoms with Crippen LogP contribution in [0.4, 0.5) is 4.39 Å². The highest BCUT2D eigenvalue weighted by atomic mass is 31.2. The quantitative estimate of drug-likeness (QED) is 0.358. The smallest absolute Gasteiger partial charge is 0.322 e. The standard InChI is InChI=1S/C14H24FN3O6P2/c1-11(2)5-4-6-12(3)7-8-18-10-13(16-17-18)9-14(15,25(19,20)21)26(22,23)24/h5,7,10H,4,6,8-9H2,1-3H3,(H2,19,20,21)(H2,22,23,24)/b12-7+. The van der Waals surface area contributed by atoms with Gasteiger partial charge in [-0.3, -0.25) is 9.13 Å². The third-order valence-electron chi connectivity index (χ3n) is 3.60. The van der Waals surface area contributed by atoms with Crippen LogP contribution in [0.1, 0.15) is 39.3 Å². The van der Waals surface area contributed by atoms with Crippen molar-refractivity contribution in [3.05, 3.63) is 35.2 Å². The highest BCUT2D eigenvalue weighted by Crippen LogP contribution is 2.70. The summed E-state index contributed by atoms with van der Waals surface area (Å²) >= 11 is 0. The molecule has 0 atom stereocenters. The van der Waals surface area contributed by atoms with Gasteiger partial charge in [0.15, 0.2) is 0 Å². The van der Waals surface area contributed by atoms with E-state index in [9.17, 15) is 13.5 Å². The zero-order chi connectivity index (χ0) is 20.2. The molecule has 0 aliphatic rings. The first-order valence-corrected chi connectivity index (χ1v) is 11.0. The Bertz CT molecular complexity index is 753. The van der Waals surface area contributed by atoms with E-state index in [2.05, 4.69) is 16.4 Å². The summed E-state index contributed by atoms with van der Waals surface area (Å²) in [4.78, 5) is 36.1. The fraction of sp³-hybridized carbons (Fsp3) is 0.571. The molecule has 26 heavy (non-hydrogen) atoms. The third-order valence-corrected chi connectivity index (χ3v) is 7.27. The first-order chi connectivity index (χ1) is 11.8. The van der Waals surface area contributed by atoms with Crippen molar-refractivity contribution in [2.24, 2.45) is 0 Å². The van der Waals surface area contributed by atoms with Crippen LogP contribution in [0.15, 0.2) is 29.5 Å². The summed E-state index contributed by atoms with van der Waals surface area (Å²) in [5.41, 5.74) is 2.04. The number of nitrogens with zero attached hydrogens (tertiary/aromatic N) is 3. The monoisotopic (exact) mass is 411 g/mol. The van der Waals surface area contributed by atoms with Crippen LogP contribution in [0, 0.1) is 0 Å². The highest BCUT2D eigenvalue weighted by Gasteiger charge is 2.62. The van der Waals surface area contributed by atoms with E-state index in [1.54, 1.807) is 0 Å². The second kappa shape index (κ2) is 8.69. The van der Waals surface area contributed by atoms with E-state index >= 15 is 0 Å². The molecule has 1 rings (SSSR count). The van der Waals surface area contributed by atoms with Crippen molar-refractivity contribution < 1.29 is 33.1 Å². The molecule has 0 spiro atoms. The van der Waals surface area contributed by atoms with Crippen LogP contribution in [-0.4, -0.2) is 39.7 Å². The molecular weight excluding hydrogens is 387 g/mol. The molecule has 0 fully saturated rings. The molecule has 0 aliphatic carbocycles. The van der Waals surface area contributed by atoms with E-state index < -0.39 is 26.8 Å². The average molecular weight is 411 g/mol. The van der Waals surface area contributed by atoms with Gasteiger partial charge in [0.2, 0.25) is 0 Å². The van der Waals surface area contributed by atoms with Gasteiger partial charge in [-0.15, -0.1) is 5.10 Å². The topological polar surface area (TPSA) is 146 Å². The summed E-state index contributed by atoms with van der Waals surface area (Å²) in [6, 6.07) is 0. The number of rotatable bonds is 9. The number of alkyl halides is 1. The molecule has 0 amide bonds. The number of aromatic nitrogens is 3. The second-order valence-corrected chi connectivity index (χ2v) is 10.2. The maximum absolute atomic E-state index is 14.4. The van der Waals surface area contributed by atoms with Gasteiger partial charge in [-0.2, -0.15) is 0 Å². The molecule has 1 heterocycles. The highest BCUT2D eigenvalue weighted by molar-refractivity contribution is 7.72. The van der Waals surface area contributed by atoms with Crippen molar-refractivity contribution in [2.75, 3.05) is 0 Å². The molecule has 1 aromatic heterocycles. The first kappa shape index (κ1) is 22.9. The van der Waals surface area contributed by atoms with Crippen LogP contribution < -0.4 is 0 Å². The maximum atomic E-state index is 14.4. The molecule has 4 N–H and O–H groups in total. The Morgan fingerprint density at radius 2 is 1.77 bits per heavy atom. The molecule has 0 saturated heterocycles. The summed E-state index contributed by atoms with van der Waals surface area (Å²) in [6.07, 6.45) is 5.66. The van der Waals surface area contributed by atoms with Crippen molar-refractivity contribution in [1.82, 2.24) is 15.0 Å². The van der Waals surface area contributed by atoms with E-state index in [4.69, 9.17) is 19.6 Å². The SMILES string of the molecule is CC(C)=CCC/C(C)=C/Cn1cc(CC(F)(P(=O)(O)O)P(=O)(O)O)nn1. The lowest BCUT2D eigenvalue weighted by Crippen LogP contribution is -2.26. The van der Waals surface area contributed by atoms with E-state index in [0.717, 1.165) is 18.4 Å². The Balaban J connectivity index is 2.83. The van der Waals surface area contributed by atoms with Crippen molar-refractivity contribution in [2.45, 2.75) is 51.7 Å². The lowest BCUT2D eigenvalue weighted by molar-refractivity contribution is 0.221. The Hall–Kier alpha value is -1.15. The number of hydrogen-bond donors (Lipinski definition) is 4. The van der Waals surface area contributed by atoms with Gasteiger partial charge in [0, 0.05) is 6.20 Å². The van der Waals surface area contributed by atoms with E-state index in [-0.39, 0.29) is 5.69 Å². The zero-order valence-corrected chi connectivity index (χ0v) is 16.6. The van der Waals surface area contributed by atoms with E-state index in [0.29, 0.717) is 6.54 Å². The van der Waals surface area contributed by atoms with E-state index in [1.807, 2.05) is 26.8 Å². The van der Waals surface area contributed by atoms with Crippen molar-refractivity contribution in [1.29, 1.82) is 0 Å². The van der Waals surface area contributed by atoms with Crippen LogP contribution in [0.25, 0.3) is 0 Å². The maximum Gasteiger partial charge on any atom is 0.375 e. The summed E-state index contributed by atoms with van der Waals surface area (Å²) in [5, 5.41) is 3.19. The lowest BCUT2D eigenvalue weighted by Gasteiger charge is -2.25. The van der Waals surface area contributed by atoms with Gasteiger partial charge >= 0.3 is 20.3 Å². The summed E-state index contributed by atoms with van der Waals surface area (Å²) in [6.45, 7) is 6.25. The minimum absolute atomic E-state index is 0.269. The Morgan fingerprint density at radius 3 is 2.27 bits per heavy atom.